The van der Waals surface area contributed by atoms with E-state index in [0.717, 1.165) is 22.8 Å². The van der Waals surface area contributed by atoms with Gasteiger partial charge in [0, 0.05) is 16.3 Å². The molecule has 0 saturated carbocycles. The average Bonchev–Trinajstić information content (AvgIpc) is 2.46. The van der Waals surface area contributed by atoms with Crippen LogP contribution in [0, 0.1) is 4.78 Å². The first-order valence-electron chi connectivity index (χ1n) is 6.14. The molecule has 0 unspecified atom stereocenters. The number of nitrogens with zero attached hydrogens (tertiary/aromatic N) is 1. The lowest BCUT2D eigenvalue weighted by atomic mass is 10.4. The third kappa shape index (κ3) is 2.62. The first-order chi connectivity index (χ1) is 8.77. The zero-order chi connectivity index (χ0) is 12.8. The van der Waals surface area contributed by atoms with E-state index in [-0.39, 0.29) is 0 Å². The van der Waals surface area contributed by atoms with Gasteiger partial charge in [0.2, 0.25) is 0 Å². The summed E-state index contributed by atoms with van der Waals surface area (Å²) in [4.78, 5) is 2.01. The molecule has 0 aliphatic carbocycles. The molecule has 0 aromatic heterocycles. The first kappa shape index (κ1) is 12.8. The van der Waals surface area contributed by atoms with Gasteiger partial charge in [0.1, 0.15) is 0 Å². The van der Waals surface area contributed by atoms with E-state index >= 15 is 0 Å². The highest BCUT2D eigenvalue weighted by Crippen LogP contribution is 2.24. The van der Waals surface area contributed by atoms with E-state index in [1.807, 2.05) is 60.7 Å². The Labute approximate surface area is 109 Å². The maximum Gasteiger partial charge on any atom is 0.0473 e. The Bertz CT molecular complexity index is 551. The summed E-state index contributed by atoms with van der Waals surface area (Å²) in [7, 11) is -1.98. The number of hydrogen-bond acceptors (Lipinski definition) is 2. The Kier molecular flexibility index (Phi) is 4.15. The normalized spacial score (nSPS) is 11.2. The Hall–Kier alpha value is -1.61. The van der Waals surface area contributed by atoms with Crippen LogP contribution < -0.4 is 0 Å². The van der Waals surface area contributed by atoms with Crippen molar-refractivity contribution in [1.82, 2.24) is 0 Å². The van der Waals surface area contributed by atoms with E-state index < -0.39 is 9.62 Å². The highest BCUT2D eigenvalue weighted by atomic mass is 32.2. The van der Waals surface area contributed by atoms with Crippen molar-refractivity contribution in [2.75, 3.05) is 6.54 Å². The van der Waals surface area contributed by atoms with E-state index in [1.165, 1.54) is 0 Å². The minimum absolute atomic E-state index is 0.739. The van der Waals surface area contributed by atoms with Crippen LogP contribution in [0.15, 0.2) is 74.8 Å². The molecule has 2 aromatic carbocycles. The fraction of sp³-hybridized carbons (Fsp3) is 0.200. The first-order valence-corrected chi connectivity index (χ1v) is 7.73. The molecule has 0 bridgehead atoms. The van der Waals surface area contributed by atoms with Crippen molar-refractivity contribution in [3.05, 3.63) is 60.7 Å². The smallest absolute Gasteiger partial charge is 0.0473 e. The van der Waals surface area contributed by atoms with Crippen LogP contribution >= 0.6 is 0 Å². The molecule has 18 heavy (non-hydrogen) atoms. The summed E-state index contributed by atoms with van der Waals surface area (Å²) < 4.78 is 13.5. The minimum atomic E-state index is -1.98. The van der Waals surface area contributed by atoms with Gasteiger partial charge in [-0.3, -0.25) is 4.78 Å². The van der Waals surface area contributed by atoms with Gasteiger partial charge in [0.15, 0.2) is 0 Å². The van der Waals surface area contributed by atoms with E-state index in [0.29, 0.717) is 0 Å². The van der Waals surface area contributed by atoms with Crippen molar-refractivity contribution < 1.29 is 0 Å². The maximum absolute atomic E-state index is 8.82. The lowest BCUT2D eigenvalue weighted by Crippen LogP contribution is -2.01. The molecular weight excluding hydrogens is 240 g/mol. The number of rotatable bonds is 4. The summed E-state index contributed by atoms with van der Waals surface area (Å²) in [5.41, 5.74) is 0. The molecule has 0 radical (unpaired) electrons. The van der Waals surface area contributed by atoms with Crippen molar-refractivity contribution in [1.29, 1.82) is 4.78 Å². The van der Waals surface area contributed by atoms with Crippen LogP contribution in [0.5, 0.6) is 0 Å². The van der Waals surface area contributed by atoms with Gasteiger partial charge in [0.25, 0.3) is 0 Å². The summed E-state index contributed by atoms with van der Waals surface area (Å²) >= 11 is 0. The number of benzene rings is 2. The molecule has 94 valence electrons. The molecule has 0 spiro atoms. The van der Waals surface area contributed by atoms with Gasteiger partial charge in [0.05, 0.1) is 0 Å². The van der Waals surface area contributed by atoms with Gasteiger partial charge >= 0.3 is 0 Å². The molecule has 0 saturated heterocycles. The topological polar surface area (TPSA) is 36.2 Å². The van der Waals surface area contributed by atoms with Crippen LogP contribution in [-0.2, 0) is 9.62 Å². The van der Waals surface area contributed by atoms with Crippen LogP contribution in [0.25, 0.3) is 0 Å². The molecule has 2 rings (SSSR count). The van der Waals surface area contributed by atoms with Gasteiger partial charge in [-0.15, -0.1) is 0 Å². The summed E-state index contributed by atoms with van der Waals surface area (Å²) in [6, 6.07) is 19.9. The number of hydrogen-bond donors (Lipinski definition) is 1. The third-order valence-corrected chi connectivity index (χ3v) is 5.16. The molecule has 0 fully saturated rings. The van der Waals surface area contributed by atoms with Crippen molar-refractivity contribution in [3.8, 4) is 0 Å². The van der Waals surface area contributed by atoms with E-state index in [4.69, 9.17) is 4.78 Å². The molecular formula is C15H18N2S. The van der Waals surface area contributed by atoms with E-state index in [2.05, 4.69) is 11.3 Å². The van der Waals surface area contributed by atoms with Crippen molar-refractivity contribution >= 4 is 9.62 Å². The van der Waals surface area contributed by atoms with Crippen LogP contribution in [-0.4, -0.2) is 6.54 Å². The van der Waals surface area contributed by atoms with Gasteiger partial charge in [-0.05, 0) is 40.3 Å². The molecule has 1 N–H and O–H groups in total. The molecule has 0 aliphatic heterocycles. The zero-order valence-electron chi connectivity index (χ0n) is 10.5. The Morgan fingerprint density at radius 3 is 1.72 bits per heavy atom. The molecule has 2 aromatic rings. The summed E-state index contributed by atoms with van der Waals surface area (Å²) in [6.45, 7) is 2.84. The Morgan fingerprint density at radius 1 is 0.889 bits per heavy atom. The van der Waals surface area contributed by atoms with Crippen LogP contribution in [0.4, 0.5) is 0 Å². The Balaban J connectivity index is 2.60. The van der Waals surface area contributed by atoms with E-state index in [9.17, 15) is 0 Å². The van der Waals surface area contributed by atoms with E-state index in [1.54, 1.807) is 0 Å². The lowest BCUT2D eigenvalue weighted by molar-refractivity contribution is 0.939. The maximum atomic E-state index is 8.82. The van der Waals surface area contributed by atoms with Crippen molar-refractivity contribution in [3.63, 3.8) is 0 Å². The van der Waals surface area contributed by atoms with Gasteiger partial charge < -0.3 is 0 Å². The molecule has 0 heterocycles. The minimum Gasteiger partial charge on any atom is -0.261 e. The quantitative estimate of drug-likeness (QED) is 0.831. The summed E-state index contributed by atoms with van der Waals surface area (Å²) in [5, 5.41) is 0. The zero-order valence-corrected chi connectivity index (χ0v) is 11.4. The fourth-order valence-electron chi connectivity index (χ4n) is 1.75. The standard InChI is InChI=1S/C15H18N2S/c1-2-13-17-18(16,14-9-5-3-6-10-14)15-11-7-4-8-12-15/h3-12,16H,2,13H2,1H3. The van der Waals surface area contributed by atoms with Crippen molar-refractivity contribution in [2.24, 2.45) is 4.36 Å². The monoisotopic (exact) mass is 258 g/mol. The summed E-state index contributed by atoms with van der Waals surface area (Å²) in [5.74, 6) is 0. The SMILES string of the molecule is CCCN=S(=N)(c1ccccc1)c1ccccc1. The largest absolute Gasteiger partial charge is 0.261 e. The second kappa shape index (κ2) is 5.83. The van der Waals surface area contributed by atoms with Gasteiger partial charge in [-0.25, -0.2) is 4.36 Å². The van der Waals surface area contributed by atoms with Crippen LogP contribution in [0.2, 0.25) is 0 Å². The molecule has 0 atom stereocenters. The third-order valence-electron chi connectivity index (χ3n) is 2.68. The molecule has 0 aliphatic rings. The predicted molar refractivity (Wildman–Crippen MR) is 77.1 cm³/mol. The van der Waals surface area contributed by atoms with Crippen LogP contribution in [0.3, 0.4) is 0 Å². The molecule has 2 nitrogen and oxygen atoms in total. The highest BCUT2D eigenvalue weighted by molar-refractivity contribution is 7.94. The molecule has 3 heteroatoms. The van der Waals surface area contributed by atoms with Crippen molar-refractivity contribution in [2.45, 2.75) is 23.1 Å². The second-order valence-corrected chi connectivity index (χ2v) is 6.42. The average molecular weight is 258 g/mol. The predicted octanol–water partition coefficient (Wildman–Crippen LogP) is 4.61. The molecule has 0 amide bonds. The second-order valence-electron chi connectivity index (χ2n) is 4.06. The number of nitrogens with one attached hydrogen (secondary N) is 1. The van der Waals surface area contributed by atoms with Gasteiger partial charge in [-0.2, -0.15) is 0 Å². The highest BCUT2D eigenvalue weighted by Gasteiger charge is 2.10. The van der Waals surface area contributed by atoms with Gasteiger partial charge in [-0.1, -0.05) is 43.3 Å². The lowest BCUT2D eigenvalue weighted by Gasteiger charge is -2.14. The summed E-state index contributed by atoms with van der Waals surface area (Å²) in [6.07, 6.45) is 0.979. The fourth-order valence-corrected chi connectivity index (χ4v) is 3.88. The van der Waals surface area contributed by atoms with Crippen LogP contribution in [0.1, 0.15) is 13.3 Å². The Morgan fingerprint density at radius 2 is 1.33 bits per heavy atom.